The van der Waals surface area contributed by atoms with Gasteiger partial charge in [-0.05, 0) is 50.9 Å². The number of allylic oxidation sites excluding steroid dienone is 5. The molecule has 3 N–H and O–H groups in total. The van der Waals surface area contributed by atoms with Crippen LogP contribution in [0.4, 0.5) is 0 Å². The third-order valence-electron chi connectivity index (χ3n) is 8.76. The molecule has 11 nitrogen and oxygen atoms in total. The van der Waals surface area contributed by atoms with Crippen molar-refractivity contribution in [1.29, 1.82) is 0 Å². The summed E-state index contributed by atoms with van der Waals surface area (Å²) in [7, 11) is -4.62. The van der Waals surface area contributed by atoms with Gasteiger partial charge in [0.2, 0.25) is 0 Å². The highest BCUT2D eigenvalue weighted by atomic mass is 31.2. The summed E-state index contributed by atoms with van der Waals surface area (Å²) in [6.45, 7) is 4.51. The summed E-state index contributed by atoms with van der Waals surface area (Å²) < 4.78 is 38.2. The molecule has 0 bridgehead atoms. The van der Waals surface area contributed by atoms with Crippen molar-refractivity contribution in [3.05, 3.63) is 36.5 Å². The molecular weight excluding hydrogens is 675 g/mol. The van der Waals surface area contributed by atoms with Crippen molar-refractivity contribution < 1.29 is 52.5 Å². The average Bonchev–Trinajstić information content (AvgIpc) is 3.87. The minimum Gasteiger partial charge on any atom is -0.462 e. The summed E-state index contributed by atoms with van der Waals surface area (Å²) in [5.74, 6) is -0.243. The molecule has 296 valence electrons. The van der Waals surface area contributed by atoms with Crippen LogP contribution in [-0.2, 0) is 37.4 Å². The van der Waals surface area contributed by atoms with E-state index in [0.29, 0.717) is 31.5 Å². The molecular formula is C39H69O11P. The molecule has 0 aromatic heterocycles. The summed E-state index contributed by atoms with van der Waals surface area (Å²) >= 11 is 0. The van der Waals surface area contributed by atoms with Crippen LogP contribution in [0.2, 0.25) is 0 Å². The molecule has 1 rings (SSSR count). The number of rotatable bonds is 34. The Hall–Kier alpha value is -1.85. The number of aliphatic hydroxyl groups is 2. The Morgan fingerprint density at radius 1 is 0.784 bits per heavy atom. The first-order chi connectivity index (χ1) is 24.6. The molecule has 0 radical (unpaired) electrons. The molecule has 1 fully saturated rings. The first-order valence-electron chi connectivity index (χ1n) is 19.5. The van der Waals surface area contributed by atoms with Crippen molar-refractivity contribution in [3.63, 3.8) is 0 Å². The fourth-order valence-electron chi connectivity index (χ4n) is 5.23. The second-order valence-corrected chi connectivity index (χ2v) is 15.0. The van der Waals surface area contributed by atoms with Crippen LogP contribution in [-0.4, -0.2) is 77.9 Å². The first-order valence-corrected chi connectivity index (χ1v) is 21.0. The second-order valence-electron chi connectivity index (χ2n) is 13.6. The van der Waals surface area contributed by atoms with Gasteiger partial charge in [0.05, 0.1) is 32.0 Å². The van der Waals surface area contributed by atoms with Gasteiger partial charge in [0.25, 0.3) is 0 Å². The molecule has 0 aliphatic carbocycles. The predicted octanol–water partition coefficient (Wildman–Crippen LogP) is 8.45. The highest BCUT2D eigenvalue weighted by molar-refractivity contribution is 7.47. The van der Waals surface area contributed by atoms with Crippen molar-refractivity contribution in [1.82, 2.24) is 0 Å². The highest BCUT2D eigenvalue weighted by Gasteiger charge is 2.36. The van der Waals surface area contributed by atoms with Crippen molar-refractivity contribution in [2.75, 3.05) is 26.4 Å². The molecule has 12 heteroatoms. The van der Waals surface area contributed by atoms with Crippen LogP contribution in [0, 0.1) is 5.92 Å². The smallest absolute Gasteiger partial charge is 0.462 e. The molecule has 1 aliphatic heterocycles. The topological polar surface area (TPSA) is 161 Å². The molecule has 1 saturated heterocycles. The maximum atomic E-state index is 12.5. The zero-order chi connectivity index (χ0) is 37.6. The number of phosphoric acid groups is 1. The summed E-state index contributed by atoms with van der Waals surface area (Å²) in [6, 6.07) is 0. The maximum absolute atomic E-state index is 12.5. The Balaban J connectivity index is 2.32. The lowest BCUT2D eigenvalue weighted by atomic mass is 10.00. The molecule has 0 spiro atoms. The standard InChI is InChI=1S/C39H69O11P/c1-4-6-19-25-36-37(50-36)26-21-16-11-9-7-8-10-12-17-22-27-38(42)46-31-35(32-48-51(44,45)47-30-34(41)29-40)49-39(43)28-23-18-14-13-15-20-24-33(3)5-2/h7,9-10,12,16,21,33-37,40-41H,4-6,8,11,13-15,17-20,22-32H2,1-3H3,(H,44,45)/b9-7-,12-10-,21-16-/t33?,34-,35+,36?,37?/m0/s1. The van der Waals surface area contributed by atoms with Gasteiger partial charge in [-0.1, -0.05) is 121 Å². The van der Waals surface area contributed by atoms with E-state index in [1.54, 1.807) is 0 Å². The molecule has 0 aromatic rings. The van der Waals surface area contributed by atoms with Gasteiger partial charge in [0, 0.05) is 12.8 Å². The number of carbonyl (C=O) groups excluding carboxylic acids is 2. The zero-order valence-corrected chi connectivity index (χ0v) is 32.6. The molecule has 4 unspecified atom stereocenters. The van der Waals surface area contributed by atoms with E-state index < -0.39 is 51.8 Å². The molecule has 1 heterocycles. The van der Waals surface area contributed by atoms with Crippen LogP contribution in [0.25, 0.3) is 0 Å². The summed E-state index contributed by atoms with van der Waals surface area (Å²) in [6.07, 6.45) is 28.9. The van der Waals surface area contributed by atoms with Crippen LogP contribution >= 0.6 is 7.82 Å². The largest absolute Gasteiger partial charge is 0.472 e. The Labute approximate surface area is 307 Å². The highest BCUT2D eigenvalue weighted by Crippen LogP contribution is 2.43. The number of ether oxygens (including phenoxy) is 3. The third kappa shape index (κ3) is 28.3. The average molecular weight is 745 g/mol. The molecule has 0 aromatic carbocycles. The minimum atomic E-state index is -4.62. The second kappa shape index (κ2) is 30.6. The molecule has 0 saturated carbocycles. The van der Waals surface area contributed by atoms with Gasteiger partial charge in [0.1, 0.15) is 12.7 Å². The van der Waals surface area contributed by atoms with E-state index in [-0.39, 0.29) is 19.4 Å². The predicted molar refractivity (Wildman–Crippen MR) is 200 cm³/mol. The minimum absolute atomic E-state index is 0.161. The number of esters is 2. The van der Waals surface area contributed by atoms with Gasteiger partial charge in [-0.25, -0.2) is 4.57 Å². The number of epoxide rings is 1. The van der Waals surface area contributed by atoms with Crippen LogP contribution in [0.1, 0.15) is 143 Å². The lowest BCUT2D eigenvalue weighted by Crippen LogP contribution is -2.29. The number of aliphatic hydroxyl groups excluding tert-OH is 2. The Morgan fingerprint density at radius 2 is 1.43 bits per heavy atom. The molecule has 1 aliphatic rings. The van der Waals surface area contributed by atoms with E-state index in [2.05, 4.69) is 55.7 Å². The lowest BCUT2D eigenvalue weighted by molar-refractivity contribution is -0.161. The van der Waals surface area contributed by atoms with Crippen molar-refractivity contribution in [3.8, 4) is 0 Å². The van der Waals surface area contributed by atoms with Crippen LogP contribution < -0.4 is 0 Å². The Kier molecular flexibility index (Phi) is 28.3. The number of carbonyl (C=O) groups is 2. The van der Waals surface area contributed by atoms with Gasteiger partial charge in [-0.2, -0.15) is 0 Å². The van der Waals surface area contributed by atoms with Crippen LogP contribution in [0.15, 0.2) is 36.5 Å². The monoisotopic (exact) mass is 744 g/mol. The van der Waals surface area contributed by atoms with Crippen molar-refractivity contribution in [2.45, 2.75) is 167 Å². The van der Waals surface area contributed by atoms with E-state index in [4.69, 9.17) is 23.8 Å². The van der Waals surface area contributed by atoms with E-state index >= 15 is 0 Å². The number of hydrogen-bond acceptors (Lipinski definition) is 10. The van der Waals surface area contributed by atoms with Gasteiger partial charge in [-0.15, -0.1) is 0 Å². The van der Waals surface area contributed by atoms with Crippen LogP contribution in [0.3, 0.4) is 0 Å². The summed E-state index contributed by atoms with van der Waals surface area (Å²) in [4.78, 5) is 34.8. The van der Waals surface area contributed by atoms with E-state index in [1.165, 1.54) is 51.4 Å². The van der Waals surface area contributed by atoms with E-state index in [1.807, 2.05) is 6.08 Å². The van der Waals surface area contributed by atoms with Gasteiger partial charge in [-0.3, -0.25) is 18.6 Å². The normalized spacial score (nSPS) is 19.0. The Bertz CT molecular complexity index is 1030. The summed E-state index contributed by atoms with van der Waals surface area (Å²) in [5.41, 5.74) is 0. The molecule has 0 amide bonds. The van der Waals surface area contributed by atoms with Crippen molar-refractivity contribution in [2.24, 2.45) is 5.92 Å². The number of phosphoric ester groups is 1. The summed E-state index contributed by atoms with van der Waals surface area (Å²) in [5, 5.41) is 18.3. The third-order valence-corrected chi connectivity index (χ3v) is 9.71. The zero-order valence-electron chi connectivity index (χ0n) is 31.7. The maximum Gasteiger partial charge on any atom is 0.472 e. The van der Waals surface area contributed by atoms with E-state index in [0.717, 1.165) is 44.4 Å². The number of hydrogen-bond donors (Lipinski definition) is 3. The number of unbranched alkanes of at least 4 members (excludes halogenated alkanes) is 8. The van der Waals surface area contributed by atoms with E-state index in [9.17, 15) is 24.2 Å². The van der Waals surface area contributed by atoms with Crippen LogP contribution in [0.5, 0.6) is 0 Å². The lowest BCUT2D eigenvalue weighted by Gasteiger charge is -2.20. The van der Waals surface area contributed by atoms with Gasteiger partial charge in [0.15, 0.2) is 6.10 Å². The Morgan fingerprint density at radius 3 is 2.14 bits per heavy atom. The quantitative estimate of drug-likeness (QED) is 0.0191. The SMILES string of the molecule is CCCCCC1OC1C/C=C\C/C=C\C/C=C\CCCC(=O)OC[C@H](COP(=O)(O)OC[C@@H](O)CO)OC(=O)CCCCCCCCC(C)CC. The molecule has 6 atom stereocenters. The fraction of sp³-hybridized carbons (Fsp3) is 0.795. The van der Waals surface area contributed by atoms with Gasteiger partial charge >= 0.3 is 19.8 Å². The van der Waals surface area contributed by atoms with Gasteiger partial charge < -0.3 is 29.3 Å². The molecule has 51 heavy (non-hydrogen) atoms. The fourth-order valence-corrected chi connectivity index (χ4v) is 6.02. The first kappa shape index (κ1) is 47.2. The van der Waals surface area contributed by atoms with Crippen molar-refractivity contribution >= 4 is 19.8 Å².